The standard InChI is InChI=1S/C20H25N3O2/c1-14-9-7-8-12-16(14)17(22-19(21)25)13-18(24)23-20(2,3)15-10-5-4-6-11-15/h4-12,17H,13H2,1-3H3,(H,23,24)(H3,21,22,25). The Labute approximate surface area is 148 Å². The molecule has 5 heteroatoms. The number of amides is 3. The van der Waals surface area contributed by atoms with Crippen LogP contribution in [0.5, 0.6) is 0 Å². The Bertz CT molecular complexity index is 742. The van der Waals surface area contributed by atoms with Crippen molar-refractivity contribution in [1.29, 1.82) is 0 Å². The van der Waals surface area contributed by atoms with E-state index in [-0.39, 0.29) is 12.3 Å². The summed E-state index contributed by atoms with van der Waals surface area (Å²) in [6, 6.07) is 16.3. The number of nitrogens with two attached hydrogens (primary N) is 1. The molecule has 5 nitrogen and oxygen atoms in total. The number of primary amides is 1. The molecule has 2 aromatic carbocycles. The number of urea groups is 1. The zero-order valence-electron chi connectivity index (χ0n) is 14.9. The SMILES string of the molecule is Cc1ccccc1C(CC(=O)NC(C)(C)c1ccccc1)NC(N)=O. The van der Waals surface area contributed by atoms with Gasteiger partial charge in [0.05, 0.1) is 18.0 Å². The summed E-state index contributed by atoms with van der Waals surface area (Å²) in [7, 11) is 0. The number of aryl methyl sites for hydroxylation is 1. The Balaban J connectivity index is 2.14. The highest BCUT2D eigenvalue weighted by Gasteiger charge is 2.25. The van der Waals surface area contributed by atoms with E-state index in [1.807, 2.05) is 75.4 Å². The van der Waals surface area contributed by atoms with Crippen molar-refractivity contribution in [1.82, 2.24) is 10.6 Å². The summed E-state index contributed by atoms with van der Waals surface area (Å²) in [5.41, 5.74) is 7.67. The van der Waals surface area contributed by atoms with E-state index < -0.39 is 17.6 Å². The zero-order valence-corrected chi connectivity index (χ0v) is 14.9. The maximum absolute atomic E-state index is 12.6. The number of hydrogen-bond donors (Lipinski definition) is 3. The lowest BCUT2D eigenvalue weighted by atomic mass is 9.93. The Morgan fingerprint density at radius 3 is 2.24 bits per heavy atom. The van der Waals surface area contributed by atoms with Gasteiger partial charge in [0.1, 0.15) is 0 Å². The molecule has 132 valence electrons. The monoisotopic (exact) mass is 339 g/mol. The number of carbonyl (C=O) groups excluding carboxylic acids is 2. The van der Waals surface area contributed by atoms with Gasteiger partial charge in [-0.1, -0.05) is 54.6 Å². The lowest BCUT2D eigenvalue weighted by molar-refractivity contribution is -0.123. The Morgan fingerprint density at radius 2 is 1.64 bits per heavy atom. The summed E-state index contributed by atoms with van der Waals surface area (Å²) in [6.07, 6.45) is 0.115. The Kier molecular flexibility index (Phi) is 5.80. The predicted octanol–water partition coefficient (Wildman–Crippen LogP) is 3.15. The van der Waals surface area contributed by atoms with Gasteiger partial charge in [-0.15, -0.1) is 0 Å². The molecule has 0 saturated carbocycles. The van der Waals surface area contributed by atoms with Crippen LogP contribution >= 0.6 is 0 Å². The molecule has 25 heavy (non-hydrogen) atoms. The minimum Gasteiger partial charge on any atom is -0.352 e. The van der Waals surface area contributed by atoms with Crippen molar-refractivity contribution in [3.05, 3.63) is 71.3 Å². The van der Waals surface area contributed by atoms with E-state index in [2.05, 4.69) is 10.6 Å². The van der Waals surface area contributed by atoms with Gasteiger partial charge in [0.2, 0.25) is 5.91 Å². The number of benzene rings is 2. The third-order valence-electron chi connectivity index (χ3n) is 4.22. The first-order chi connectivity index (χ1) is 11.8. The molecule has 2 rings (SSSR count). The zero-order chi connectivity index (χ0) is 18.4. The number of nitrogens with one attached hydrogen (secondary N) is 2. The van der Waals surface area contributed by atoms with Crippen LogP contribution in [0.25, 0.3) is 0 Å². The topological polar surface area (TPSA) is 84.2 Å². The van der Waals surface area contributed by atoms with Gasteiger partial charge in [0.15, 0.2) is 0 Å². The van der Waals surface area contributed by atoms with Gasteiger partial charge in [-0.25, -0.2) is 4.79 Å². The molecule has 0 aliphatic heterocycles. The van der Waals surface area contributed by atoms with Gasteiger partial charge in [0, 0.05) is 0 Å². The van der Waals surface area contributed by atoms with E-state index in [0.717, 1.165) is 16.7 Å². The fourth-order valence-corrected chi connectivity index (χ4v) is 2.90. The first-order valence-corrected chi connectivity index (χ1v) is 8.27. The molecule has 0 aliphatic carbocycles. The molecule has 0 bridgehead atoms. The Hall–Kier alpha value is -2.82. The molecule has 0 aliphatic rings. The molecule has 0 aromatic heterocycles. The summed E-state index contributed by atoms with van der Waals surface area (Å²) < 4.78 is 0. The van der Waals surface area contributed by atoms with Gasteiger partial charge in [-0.2, -0.15) is 0 Å². The van der Waals surface area contributed by atoms with E-state index in [0.29, 0.717) is 0 Å². The van der Waals surface area contributed by atoms with Crippen LogP contribution in [0.1, 0.15) is 43.0 Å². The normalized spacial score (nSPS) is 12.3. The third kappa shape index (κ3) is 5.08. The minimum atomic E-state index is -0.650. The predicted molar refractivity (Wildman–Crippen MR) is 98.9 cm³/mol. The van der Waals surface area contributed by atoms with E-state index in [1.54, 1.807) is 0 Å². The molecule has 4 N–H and O–H groups in total. The summed E-state index contributed by atoms with van der Waals surface area (Å²) in [5, 5.41) is 5.71. The largest absolute Gasteiger partial charge is 0.352 e. The van der Waals surface area contributed by atoms with Gasteiger partial charge in [-0.3, -0.25) is 4.79 Å². The second-order valence-electron chi connectivity index (χ2n) is 6.66. The highest BCUT2D eigenvalue weighted by atomic mass is 16.2. The van der Waals surface area contributed by atoms with Crippen molar-refractivity contribution in [2.24, 2.45) is 5.73 Å². The number of rotatable bonds is 6. The van der Waals surface area contributed by atoms with Crippen molar-refractivity contribution in [2.75, 3.05) is 0 Å². The van der Waals surface area contributed by atoms with Crippen LogP contribution in [0.2, 0.25) is 0 Å². The average molecular weight is 339 g/mol. The van der Waals surface area contributed by atoms with Crippen LogP contribution in [0, 0.1) is 6.92 Å². The Morgan fingerprint density at radius 1 is 1.04 bits per heavy atom. The molecule has 0 heterocycles. The van der Waals surface area contributed by atoms with E-state index >= 15 is 0 Å². The molecular weight excluding hydrogens is 314 g/mol. The van der Waals surface area contributed by atoms with E-state index in [9.17, 15) is 9.59 Å². The molecule has 1 unspecified atom stereocenters. The van der Waals surface area contributed by atoms with Crippen LogP contribution in [-0.2, 0) is 10.3 Å². The third-order valence-corrected chi connectivity index (χ3v) is 4.22. The van der Waals surface area contributed by atoms with Crippen molar-refractivity contribution in [3.8, 4) is 0 Å². The van der Waals surface area contributed by atoms with Crippen LogP contribution < -0.4 is 16.4 Å². The van der Waals surface area contributed by atoms with Gasteiger partial charge < -0.3 is 16.4 Å². The minimum absolute atomic E-state index is 0.115. The molecule has 0 radical (unpaired) electrons. The maximum atomic E-state index is 12.6. The molecule has 3 amide bonds. The highest BCUT2D eigenvalue weighted by Crippen LogP contribution is 2.23. The summed E-state index contributed by atoms with van der Waals surface area (Å²) in [5.74, 6) is -0.157. The van der Waals surface area contributed by atoms with Crippen molar-refractivity contribution in [2.45, 2.75) is 38.8 Å². The van der Waals surface area contributed by atoms with Crippen molar-refractivity contribution >= 4 is 11.9 Å². The average Bonchev–Trinajstić information content (AvgIpc) is 2.54. The smallest absolute Gasteiger partial charge is 0.312 e. The molecule has 2 aromatic rings. The fourth-order valence-electron chi connectivity index (χ4n) is 2.90. The molecular formula is C20H25N3O2. The molecule has 0 saturated heterocycles. The van der Waals surface area contributed by atoms with Crippen LogP contribution in [0.15, 0.2) is 54.6 Å². The highest BCUT2D eigenvalue weighted by molar-refractivity contribution is 5.79. The summed E-state index contributed by atoms with van der Waals surface area (Å²) >= 11 is 0. The first-order valence-electron chi connectivity index (χ1n) is 8.27. The summed E-state index contributed by atoms with van der Waals surface area (Å²) in [6.45, 7) is 5.84. The fraction of sp³-hybridized carbons (Fsp3) is 0.300. The van der Waals surface area contributed by atoms with Crippen LogP contribution in [-0.4, -0.2) is 11.9 Å². The second kappa shape index (κ2) is 7.83. The van der Waals surface area contributed by atoms with Gasteiger partial charge in [-0.05, 0) is 37.5 Å². The maximum Gasteiger partial charge on any atom is 0.312 e. The second-order valence-corrected chi connectivity index (χ2v) is 6.66. The van der Waals surface area contributed by atoms with Gasteiger partial charge in [0.25, 0.3) is 0 Å². The van der Waals surface area contributed by atoms with Gasteiger partial charge >= 0.3 is 6.03 Å². The quantitative estimate of drug-likeness (QED) is 0.755. The first kappa shape index (κ1) is 18.5. The lowest BCUT2D eigenvalue weighted by Crippen LogP contribution is -2.43. The van der Waals surface area contributed by atoms with Crippen molar-refractivity contribution in [3.63, 3.8) is 0 Å². The molecule has 0 fully saturated rings. The van der Waals surface area contributed by atoms with E-state index in [1.165, 1.54) is 0 Å². The molecule has 0 spiro atoms. The molecule has 1 atom stereocenters. The van der Waals surface area contributed by atoms with Crippen LogP contribution in [0.3, 0.4) is 0 Å². The van der Waals surface area contributed by atoms with E-state index in [4.69, 9.17) is 5.73 Å². The summed E-state index contributed by atoms with van der Waals surface area (Å²) in [4.78, 5) is 24.0. The number of hydrogen-bond acceptors (Lipinski definition) is 2. The van der Waals surface area contributed by atoms with Crippen molar-refractivity contribution < 1.29 is 9.59 Å². The number of carbonyl (C=O) groups is 2. The van der Waals surface area contributed by atoms with Crippen LogP contribution in [0.4, 0.5) is 4.79 Å². The lowest BCUT2D eigenvalue weighted by Gasteiger charge is -2.28.